The van der Waals surface area contributed by atoms with Crippen molar-refractivity contribution >= 4 is 34.7 Å². The summed E-state index contributed by atoms with van der Waals surface area (Å²) in [5.74, 6) is -0.0945. The Morgan fingerprint density at radius 1 is 1.26 bits per heavy atom. The van der Waals surface area contributed by atoms with Crippen LogP contribution >= 0.6 is 0 Å². The van der Waals surface area contributed by atoms with Crippen molar-refractivity contribution in [3.63, 3.8) is 0 Å². The molecule has 2 aliphatic rings. The molecule has 176 valence electrons. The third kappa shape index (κ3) is 4.30. The van der Waals surface area contributed by atoms with E-state index in [9.17, 15) is 4.79 Å². The van der Waals surface area contributed by atoms with E-state index in [2.05, 4.69) is 31.2 Å². The van der Waals surface area contributed by atoms with Gasteiger partial charge < -0.3 is 20.7 Å². The average molecular weight is 466 g/mol. The molecule has 0 radical (unpaired) electrons. The zero-order valence-electron chi connectivity index (χ0n) is 21.6. The maximum atomic E-state index is 12.8. The summed E-state index contributed by atoms with van der Waals surface area (Å²) in [6.07, 6.45) is 10.7. The van der Waals surface area contributed by atoms with Crippen LogP contribution in [0.4, 0.5) is 28.8 Å². The number of nitrogens with zero attached hydrogens (tertiary/aromatic N) is 6. The first-order valence-electron chi connectivity index (χ1n) is 12.1. The number of amides is 1. The highest BCUT2D eigenvalue weighted by Crippen LogP contribution is 2.38. The molecule has 12 heteroatoms. The van der Waals surface area contributed by atoms with Crippen LogP contribution in [-0.4, -0.2) is 51.8 Å². The molecule has 0 spiro atoms. The minimum absolute atomic E-state index is 0.0540. The molecule has 0 bridgehead atoms. The maximum Gasteiger partial charge on any atom is 0.256 e. The Morgan fingerprint density at radius 2 is 2.15 bits per heavy atom. The van der Waals surface area contributed by atoms with E-state index in [0.29, 0.717) is 28.9 Å². The van der Waals surface area contributed by atoms with Crippen molar-refractivity contribution in [2.75, 3.05) is 36.8 Å². The summed E-state index contributed by atoms with van der Waals surface area (Å²) in [7, 11) is 3.38. The summed E-state index contributed by atoms with van der Waals surface area (Å²) in [5, 5.41) is 16.1. The van der Waals surface area contributed by atoms with Gasteiger partial charge in [-0.15, -0.1) is 5.53 Å². The topological polar surface area (TPSA) is 124 Å². The normalized spacial score (nSPS) is 16.6. The molecule has 1 amide bonds. The van der Waals surface area contributed by atoms with Crippen molar-refractivity contribution < 1.29 is 13.6 Å². The first kappa shape index (κ1) is 18.1. The molecule has 0 atom stereocenters. The van der Waals surface area contributed by atoms with E-state index in [1.807, 2.05) is 47.8 Å². The van der Waals surface area contributed by atoms with E-state index >= 15 is 0 Å². The Kier molecular flexibility index (Phi) is 4.75. The van der Waals surface area contributed by atoms with Gasteiger partial charge in [-0.2, -0.15) is 10.1 Å². The minimum Gasteiger partial charge on any atom is -0.492 e. The summed E-state index contributed by atoms with van der Waals surface area (Å²) in [6.45, 7) is -2.68. The van der Waals surface area contributed by atoms with Gasteiger partial charge in [-0.3, -0.25) is 19.5 Å². The highest BCUT2D eigenvalue weighted by molar-refractivity contribution is 5.99. The second kappa shape index (κ2) is 8.90. The van der Waals surface area contributed by atoms with Crippen LogP contribution in [0.3, 0.4) is 0 Å². The Bertz CT molecular complexity index is 1340. The summed E-state index contributed by atoms with van der Waals surface area (Å²) >= 11 is 0. The first-order chi connectivity index (χ1) is 17.7. The molecule has 34 heavy (non-hydrogen) atoms. The first-order valence-corrected chi connectivity index (χ1v) is 10.6. The summed E-state index contributed by atoms with van der Waals surface area (Å²) in [5.41, 5.74) is 4.95. The van der Waals surface area contributed by atoms with Crippen LogP contribution in [0.1, 0.15) is 33.4 Å². The average Bonchev–Trinajstić information content (AvgIpc) is 3.44. The predicted molar refractivity (Wildman–Crippen MR) is 128 cm³/mol. The molecule has 4 N–H and O–H groups in total. The fourth-order valence-electron chi connectivity index (χ4n) is 3.53. The molecule has 12 nitrogen and oxygen atoms in total. The standard InChI is InChI=1S/C22H26N10O2/c1-23-21(33)16-12-24-22(26-14-11-25-32(13-14)15-7-8-15)28-20(16)27-17-5-4-6-18(19(17)34-3)31-10-9-30(2)29-31/h4-6,9-13,15,29H,7-8H2,1-3H3,(H,23,33)(H2,24,26,27,28)/i1D3. The van der Waals surface area contributed by atoms with E-state index in [0.717, 1.165) is 12.8 Å². The summed E-state index contributed by atoms with van der Waals surface area (Å²) in [6, 6.07) is 5.83. The third-order valence-electron chi connectivity index (χ3n) is 5.34. The smallest absolute Gasteiger partial charge is 0.256 e. The maximum absolute atomic E-state index is 12.8. The van der Waals surface area contributed by atoms with Crippen LogP contribution < -0.4 is 31.2 Å². The molecule has 2 aromatic heterocycles. The Balaban J connectivity index is 1.48. The number of hydrogen-bond acceptors (Lipinski definition) is 10. The second-order valence-corrected chi connectivity index (χ2v) is 7.84. The molecule has 1 aliphatic carbocycles. The lowest BCUT2D eigenvalue weighted by molar-refractivity contribution is 0.0963. The van der Waals surface area contributed by atoms with Gasteiger partial charge in [-0.25, -0.2) is 4.98 Å². The van der Waals surface area contributed by atoms with Gasteiger partial charge in [0.25, 0.3) is 5.91 Å². The van der Waals surface area contributed by atoms with Crippen LogP contribution in [0.5, 0.6) is 5.75 Å². The van der Waals surface area contributed by atoms with Gasteiger partial charge in [0.05, 0.1) is 30.7 Å². The zero-order valence-corrected chi connectivity index (χ0v) is 18.6. The lowest BCUT2D eigenvalue weighted by Gasteiger charge is -2.23. The van der Waals surface area contributed by atoms with E-state index < -0.39 is 12.9 Å². The van der Waals surface area contributed by atoms with E-state index in [1.54, 1.807) is 22.3 Å². The predicted octanol–water partition coefficient (Wildman–Crippen LogP) is 2.51. The van der Waals surface area contributed by atoms with E-state index in [4.69, 9.17) is 8.85 Å². The van der Waals surface area contributed by atoms with Gasteiger partial charge in [-0.05, 0) is 25.0 Å². The van der Waals surface area contributed by atoms with Crippen LogP contribution in [-0.2, 0) is 0 Å². The summed E-state index contributed by atoms with van der Waals surface area (Å²) in [4.78, 5) is 21.5. The molecule has 1 aliphatic heterocycles. The lowest BCUT2D eigenvalue weighted by Crippen LogP contribution is -2.37. The third-order valence-corrected chi connectivity index (χ3v) is 5.34. The molecule has 1 saturated carbocycles. The van der Waals surface area contributed by atoms with Crippen molar-refractivity contribution in [2.24, 2.45) is 0 Å². The number of hydrazine groups is 2. The number of benzene rings is 1. The molecule has 0 unspecified atom stereocenters. The van der Waals surface area contributed by atoms with Crippen molar-refractivity contribution in [2.45, 2.75) is 18.9 Å². The van der Waals surface area contributed by atoms with Crippen molar-refractivity contribution in [1.29, 1.82) is 0 Å². The van der Waals surface area contributed by atoms with Crippen LogP contribution in [0.15, 0.2) is 49.2 Å². The Hall–Kier alpha value is -4.32. The molecule has 0 saturated heterocycles. The van der Waals surface area contributed by atoms with E-state index in [-0.39, 0.29) is 17.3 Å². The monoisotopic (exact) mass is 465 g/mol. The van der Waals surface area contributed by atoms with Crippen LogP contribution in [0.2, 0.25) is 0 Å². The summed E-state index contributed by atoms with van der Waals surface area (Å²) < 4.78 is 29.8. The molecule has 3 aromatic rings. The van der Waals surface area contributed by atoms with E-state index in [1.165, 1.54) is 13.3 Å². The fourth-order valence-corrected chi connectivity index (χ4v) is 3.53. The van der Waals surface area contributed by atoms with Gasteiger partial charge in [0.1, 0.15) is 17.1 Å². The largest absolute Gasteiger partial charge is 0.492 e. The number of para-hydroxylation sites is 1. The number of methoxy groups -OCH3 is 1. The number of rotatable bonds is 8. The highest BCUT2D eigenvalue weighted by Gasteiger charge is 2.24. The number of hydrogen-bond donors (Lipinski definition) is 4. The molecule has 3 heterocycles. The molecular formula is C22H26N10O2. The number of ether oxygens (including phenoxy) is 1. The lowest BCUT2D eigenvalue weighted by atomic mass is 10.2. The van der Waals surface area contributed by atoms with Gasteiger partial charge in [0.2, 0.25) is 5.95 Å². The van der Waals surface area contributed by atoms with Crippen LogP contribution in [0, 0.1) is 0 Å². The second-order valence-electron chi connectivity index (χ2n) is 7.84. The molecule has 1 aromatic carbocycles. The number of anilines is 5. The van der Waals surface area contributed by atoms with Crippen LogP contribution in [0.25, 0.3) is 0 Å². The van der Waals surface area contributed by atoms with Gasteiger partial charge in [-0.1, -0.05) is 6.07 Å². The minimum atomic E-state index is -2.68. The van der Waals surface area contributed by atoms with Gasteiger partial charge >= 0.3 is 0 Å². The number of aromatic nitrogens is 4. The Labute approximate surface area is 200 Å². The molecule has 5 rings (SSSR count). The van der Waals surface area contributed by atoms with Crippen molar-refractivity contribution in [1.82, 2.24) is 35.6 Å². The van der Waals surface area contributed by atoms with Gasteiger partial charge in [0.15, 0.2) is 5.75 Å². The number of nitrogens with one attached hydrogen (secondary N) is 4. The number of carbonyl (C=O) groups is 1. The highest BCUT2D eigenvalue weighted by atomic mass is 16.5. The van der Waals surface area contributed by atoms with Gasteiger partial charge in [0, 0.05) is 42.9 Å². The van der Waals surface area contributed by atoms with Crippen molar-refractivity contribution in [3.8, 4) is 5.75 Å². The zero-order chi connectivity index (χ0) is 26.2. The molecule has 1 fully saturated rings. The quantitative estimate of drug-likeness (QED) is 0.394. The fraction of sp³-hybridized carbons (Fsp3) is 0.273. The Morgan fingerprint density at radius 3 is 2.88 bits per heavy atom. The number of carbonyl (C=O) groups excluding carboxylic acids is 1. The van der Waals surface area contributed by atoms with Crippen molar-refractivity contribution in [3.05, 3.63) is 54.8 Å². The molecular weight excluding hydrogens is 436 g/mol. The SMILES string of the molecule is [2H]C([2H])([2H])NC(=O)c1cnc(Nc2cnn(C3CC3)c2)nc1Nc1cccc(N2C=CN(C)N2)c1OC.